The lowest BCUT2D eigenvalue weighted by Crippen LogP contribution is -2.30. The van der Waals surface area contributed by atoms with Gasteiger partial charge >= 0.3 is 0 Å². The van der Waals surface area contributed by atoms with Gasteiger partial charge in [-0.3, -0.25) is 4.79 Å². The van der Waals surface area contributed by atoms with Crippen molar-refractivity contribution in [1.29, 1.82) is 0 Å². The van der Waals surface area contributed by atoms with Gasteiger partial charge in [0, 0.05) is 11.4 Å². The fraction of sp³-hybridized carbons (Fsp3) is 0.348. The summed E-state index contributed by atoms with van der Waals surface area (Å²) in [7, 11) is 0. The maximum absolute atomic E-state index is 13.1. The highest BCUT2D eigenvalue weighted by Gasteiger charge is 2.34. The molecular weight excluding hydrogens is 336 g/mol. The van der Waals surface area contributed by atoms with E-state index in [0.29, 0.717) is 12.5 Å². The Morgan fingerprint density at radius 2 is 1.93 bits per heavy atom. The molecule has 27 heavy (non-hydrogen) atoms. The molecule has 2 aromatic heterocycles. The number of carbonyl (C=O) groups is 1. The normalized spacial score (nSPS) is 14.9. The van der Waals surface area contributed by atoms with Crippen molar-refractivity contribution < 1.29 is 9.21 Å². The number of furan rings is 1. The van der Waals surface area contributed by atoms with E-state index in [1.165, 1.54) is 24.0 Å². The Morgan fingerprint density at radius 1 is 1.19 bits per heavy atom. The molecule has 1 N–H and O–H groups in total. The van der Waals surface area contributed by atoms with Gasteiger partial charge in [-0.1, -0.05) is 29.8 Å². The van der Waals surface area contributed by atoms with E-state index < -0.39 is 0 Å². The monoisotopic (exact) mass is 362 g/mol. The summed E-state index contributed by atoms with van der Waals surface area (Å²) in [6.45, 7) is 6.76. The van der Waals surface area contributed by atoms with Crippen LogP contribution in [-0.4, -0.2) is 10.5 Å². The van der Waals surface area contributed by atoms with Crippen molar-refractivity contribution in [2.75, 3.05) is 0 Å². The summed E-state index contributed by atoms with van der Waals surface area (Å²) in [6.07, 6.45) is 4.03. The number of benzene rings is 1. The highest BCUT2D eigenvalue weighted by atomic mass is 16.3. The van der Waals surface area contributed by atoms with Crippen LogP contribution in [0.25, 0.3) is 0 Å². The minimum atomic E-state index is 0.00581. The number of nitrogens with one attached hydrogen (secondary N) is 1. The van der Waals surface area contributed by atoms with Gasteiger partial charge < -0.3 is 14.3 Å². The number of nitrogens with zero attached hydrogens (tertiary/aromatic N) is 1. The first kappa shape index (κ1) is 17.7. The highest BCUT2D eigenvalue weighted by molar-refractivity contribution is 5.96. The lowest BCUT2D eigenvalue weighted by molar-refractivity contribution is 0.0931. The van der Waals surface area contributed by atoms with Gasteiger partial charge in [0.2, 0.25) is 0 Å². The van der Waals surface area contributed by atoms with Crippen LogP contribution in [0.2, 0.25) is 0 Å². The molecule has 0 bridgehead atoms. The number of hydrogen-bond donors (Lipinski definition) is 1. The Balaban J connectivity index is 1.56. The van der Waals surface area contributed by atoms with Crippen LogP contribution in [0.1, 0.15) is 57.5 Å². The van der Waals surface area contributed by atoms with Crippen LogP contribution in [0, 0.1) is 26.7 Å². The Morgan fingerprint density at radius 3 is 2.56 bits per heavy atom. The highest BCUT2D eigenvalue weighted by Crippen LogP contribution is 2.41. The zero-order chi connectivity index (χ0) is 19.0. The summed E-state index contributed by atoms with van der Waals surface area (Å²) in [5.41, 5.74) is 5.21. The van der Waals surface area contributed by atoms with E-state index in [-0.39, 0.29) is 11.9 Å². The van der Waals surface area contributed by atoms with Crippen molar-refractivity contribution in [2.45, 2.75) is 46.2 Å². The van der Waals surface area contributed by atoms with Crippen molar-refractivity contribution in [2.24, 2.45) is 5.92 Å². The topological polar surface area (TPSA) is 47.2 Å². The molecule has 0 radical (unpaired) electrons. The molecule has 4 nitrogen and oxygen atoms in total. The van der Waals surface area contributed by atoms with Crippen LogP contribution in [0.5, 0.6) is 0 Å². The SMILES string of the molecule is Cc1ccc(C(NC(=O)c2cc(C)n(Cc3ccco3)c2C)C2CC2)cc1. The molecule has 3 aromatic rings. The molecular formula is C23H26N2O2. The predicted octanol–water partition coefficient (Wildman–Crippen LogP) is 4.94. The third-order valence-electron chi connectivity index (χ3n) is 5.53. The van der Waals surface area contributed by atoms with Crippen LogP contribution < -0.4 is 5.32 Å². The van der Waals surface area contributed by atoms with Crippen molar-refractivity contribution in [1.82, 2.24) is 9.88 Å². The number of hydrogen-bond acceptors (Lipinski definition) is 2. The maximum atomic E-state index is 13.1. The molecule has 1 aliphatic carbocycles. The molecule has 1 fully saturated rings. The first-order valence-corrected chi connectivity index (χ1v) is 9.59. The zero-order valence-electron chi connectivity index (χ0n) is 16.2. The number of carbonyl (C=O) groups excluding carboxylic acids is 1. The predicted molar refractivity (Wildman–Crippen MR) is 106 cm³/mol. The molecule has 4 rings (SSSR count). The lowest BCUT2D eigenvalue weighted by Gasteiger charge is -2.19. The third-order valence-corrected chi connectivity index (χ3v) is 5.53. The zero-order valence-corrected chi connectivity index (χ0v) is 16.2. The maximum Gasteiger partial charge on any atom is 0.253 e. The third kappa shape index (κ3) is 3.70. The minimum absolute atomic E-state index is 0.00581. The number of aryl methyl sites for hydroxylation is 2. The van der Waals surface area contributed by atoms with Crippen molar-refractivity contribution in [3.63, 3.8) is 0 Å². The van der Waals surface area contributed by atoms with E-state index >= 15 is 0 Å². The molecule has 1 amide bonds. The summed E-state index contributed by atoms with van der Waals surface area (Å²) in [5.74, 6) is 1.44. The molecule has 2 heterocycles. The first-order valence-electron chi connectivity index (χ1n) is 9.59. The summed E-state index contributed by atoms with van der Waals surface area (Å²) >= 11 is 0. The Hall–Kier alpha value is -2.75. The second kappa shape index (κ2) is 7.10. The van der Waals surface area contributed by atoms with Crippen molar-refractivity contribution >= 4 is 5.91 Å². The number of amides is 1. The van der Waals surface area contributed by atoms with Gasteiger partial charge in [0.25, 0.3) is 5.91 Å². The summed E-state index contributed by atoms with van der Waals surface area (Å²) in [6, 6.07) is 14.4. The minimum Gasteiger partial charge on any atom is -0.467 e. The van der Waals surface area contributed by atoms with Crippen molar-refractivity contribution in [3.8, 4) is 0 Å². The van der Waals surface area contributed by atoms with Gasteiger partial charge in [0.05, 0.1) is 24.4 Å². The van der Waals surface area contributed by atoms with E-state index in [1.54, 1.807) is 6.26 Å². The van der Waals surface area contributed by atoms with E-state index in [9.17, 15) is 4.79 Å². The summed E-state index contributed by atoms with van der Waals surface area (Å²) in [4.78, 5) is 13.1. The molecule has 0 saturated heterocycles. The standard InChI is InChI=1S/C23H26N2O2/c1-15-6-8-18(9-7-15)22(19-10-11-19)24-23(26)21-13-16(2)25(17(21)3)14-20-5-4-12-27-20/h4-9,12-13,19,22H,10-11,14H2,1-3H3,(H,24,26). The van der Waals surface area contributed by atoms with E-state index in [4.69, 9.17) is 4.42 Å². The van der Waals surface area contributed by atoms with Gasteiger partial charge in [0.15, 0.2) is 0 Å². The van der Waals surface area contributed by atoms with Gasteiger partial charge in [-0.2, -0.15) is 0 Å². The molecule has 1 saturated carbocycles. The Labute approximate surface area is 160 Å². The lowest BCUT2D eigenvalue weighted by atomic mass is 10.0. The molecule has 0 spiro atoms. The molecule has 4 heteroatoms. The summed E-state index contributed by atoms with van der Waals surface area (Å²) < 4.78 is 7.60. The molecule has 1 unspecified atom stereocenters. The quantitative estimate of drug-likeness (QED) is 0.675. The van der Waals surface area contributed by atoms with Crippen LogP contribution >= 0.6 is 0 Å². The molecule has 1 atom stereocenters. The van der Waals surface area contributed by atoms with E-state index in [2.05, 4.69) is 41.1 Å². The smallest absolute Gasteiger partial charge is 0.253 e. The average Bonchev–Trinajstić information content (AvgIpc) is 3.29. The second-order valence-corrected chi connectivity index (χ2v) is 7.65. The molecule has 0 aliphatic heterocycles. The molecule has 140 valence electrons. The molecule has 1 aromatic carbocycles. The Bertz CT molecular complexity index is 932. The second-order valence-electron chi connectivity index (χ2n) is 7.65. The first-order chi connectivity index (χ1) is 13.0. The van der Waals surface area contributed by atoms with Crippen molar-refractivity contribution in [3.05, 3.63) is 82.6 Å². The largest absolute Gasteiger partial charge is 0.467 e. The van der Waals surface area contributed by atoms with Crippen LogP contribution in [-0.2, 0) is 6.54 Å². The van der Waals surface area contributed by atoms with Gasteiger partial charge in [-0.15, -0.1) is 0 Å². The van der Waals surface area contributed by atoms with Gasteiger partial charge in [0.1, 0.15) is 5.76 Å². The van der Waals surface area contributed by atoms with Crippen LogP contribution in [0.15, 0.2) is 53.1 Å². The fourth-order valence-electron chi connectivity index (χ4n) is 3.73. The van der Waals surface area contributed by atoms with E-state index in [0.717, 1.165) is 22.7 Å². The molecule has 1 aliphatic rings. The summed E-state index contributed by atoms with van der Waals surface area (Å²) in [5, 5.41) is 3.30. The number of rotatable bonds is 6. The van der Waals surface area contributed by atoms with Gasteiger partial charge in [-0.25, -0.2) is 0 Å². The average molecular weight is 362 g/mol. The van der Waals surface area contributed by atoms with Gasteiger partial charge in [-0.05, 0) is 63.3 Å². The fourth-order valence-corrected chi connectivity index (χ4v) is 3.73. The number of aromatic nitrogens is 1. The Kier molecular flexibility index (Phi) is 4.65. The van der Waals surface area contributed by atoms with E-state index in [1.807, 2.05) is 32.0 Å². The van der Waals surface area contributed by atoms with Crippen LogP contribution in [0.3, 0.4) is 0 Å². The van der Waals surface area contributed by atoms with Crippen LogP contribution in [0.4, 0.5) is 0 Å².